The van der Waals surface area contributed by atoms with Gasteiger partial charge in [0, 0.05) is 0 Å². The van der Waals surface area contributed by atoms with Crippen molar-refractivity contribution in [2.75, 3.05) is 5.32 Å². The minimum absolute atomic E-state index is 0.110. The van der Waals surface area contributed by atoms with E-state index in [9.17, 15) is 4.79 Å². The number of nitrogens with one attached hydrogen (secondary N) is 2. The fraction of sp³-hybridized carbons (Fsp3) is 0.455. The van der Waals surface area contributed by atoms with Crippen molar-refractivity contribution in [2.45, 2.75) is 33.7 Å². The number of aromatic amines is 1. The zero-order valence-electron chi connectivity index (χ0n) is 10.7. The van der Waals surface area contributed by atoms with Crippen LogP contribution in [0.3, 0.4) is 0 Å². The summed E-state index contributed by atoms with van der Waals surface area (Å²) in [6, 6.07) is -0.158. The molecule has 0 bridgehead atoms. The van der Waals surface area contributed by atoms with Crippen molar-refractivity contribution >= 4 is 16.5 Å². The van der Waals surface area contributed by atoms with E-state index in [2.05, 4.69) is 25.5 Å². The molecule has 2 N–H and O–H groups in total. The second kappa shape index (κ2) is 4.85. The molecular weight excluding hydrogens is 250 g/mol. The lowest BCUT2D eigenvalue weighted by Gasteiger charge is -2.14. The fourth-order valence-corrected chi connectivity index (χ4v) is 2.54. The molecule has 2 heterocycles. The molecule has 0 radical (unpaired) electrons. The molecule has 7 heteroatoms. The topological polar surface area (TPSA) is 83.6 Å². The number of aromatic nitrogens is 4. The molecule has 0 aromatic carbocycles. The lowest BCUT2D eigenvalue weighted by molar-refractivity contribution is 0.809. The number of anilines is 1. The Kier molecular flexibility index (Phi) is 3.42. The highest BCUT2D eigenvalue weighted by Crippen LogP contribution is 2.21. The number of hydrogen-bond donors (Lipinski definition) is 2. The van der Waals surface area contributed by atoms with E-state index in [0.29, 0.717) is 16.5 Å². The minimum Gasteiger partial charge on any atom is -0.353 e. The first-order chi connectivity index (χ1) is 8.47. The summed E-state index contributed by atoms with van der Waals surface area (Å²) < 4.78 is 0. The van der Waals surface area contributed by atoms with Crippen molar-refractivity contribution in [3.8, 4) is 0 Å². The van der Waals surface area contributed by atoms with Crippen molar-refractivity contribution in [3.63, 3.8) is 0 Å². The summed E-state index contributed by atoms with van der Waals surface area (Å²) in [6.07, 6.45) is 0. The maximum atomic E-state index is 11.9. The SMILES string of the molecule is Cc1nc(C)c(C(C)Nc2nnc(C)s2)c(=O)[nH]1. The molecule has 2 aromatic heterocycles. The van der Waals surface area contributed by atoms with Crippen molar-refractivity contribution < 1.29 is 0 Å². The van der Waals surface area contributed by atoms with E-state index in [1.807, 2.05) is 20.8 Å². The van der Waals surface area contributed by atoms with Crippen molar-refractivity contribution in [1.29, 1.82) is 0 Å². The van der Waals surface area contributed by atoms with Gasteiger partial charge in [0.05, 0.1) is 17.3 Å². The third kappa shape index (κ3) is 2.56. The molecule has 0 aliphatic carbocycles. The quantitative estimate of drug-likeness (QED) is 0.882. The molecule has 6 nitrogen and oxygen atoms in total. The number of H-pyrrole nitrogens is 1. The van der Waals surface area contributed by atoms with Gasteiger partial charge in [0.15, 0.2) is 0 Å². The van der Waals surface area contributed by atoms with Gasteiger partial charge in [0.1, 0.15) is 10.8 Å². The van der Waals surface area contributed by atoms with Crippen LogP contribution in [0.15, 0.2) is 4.79 Å². The predicted molar refractivity (Wildman–Crippen MR) is 71.0 cm³/mol. The van der Waals surface area contributed by atoms with Crippen LogP contribution in [-0.4, -0.2) is 20.2 Å². The van der Waals surface area contributed by atoms with Crippen LogP contribution in [0.4, 0.5) is 5.13 Å². The van der Waals surface area contributed by atoms with E-state index < -0.39 is 0 Å². The van der Waals surface area contributed by atoms with Crippen LogP contribution in [0.25, 0.3) is 0 Å². The Morgan fingerprint density at radius 2 is 2.00 bits per heavy atom. The van der Waals surface area contributed by atoms with Crippen molar-refractivity contribution in [3.05, 3.63) is 32.4 Å². The van der Waals surface area contributed by atoms with E-state index in [-0.39, 0.29) is 11.6 Å². The van der Waals surface area contributed by atoms with E-state index in [0.717, 1.165) is 10.7 Å². The van der Waals surface area contributed by atoms with Gasteiger partial charge in [-0.05, 0) is 27.7 Å². The summed E-state index contributed by atoms with van der Waals surface area (Å²) >= 11 is 1.46. The standard InChI is InChI=1S/C11H15N5OS/c1-5-9(10(17)14-7(3)12-5)6(2)13-11-16-15-8(4)18-11/h6H,1-4H3,(H,13,16)(H,12,14,17). The van der Waals surface area contributed by atoms with E-state index in [4.69, 9.17) is 0 Å². The van der Waals surface area contributed by atoms with Gasteiger partial charge < -0.3 is 10.3 Å². The van der Waals surface area contributed by atoms with Crippen LogP contribution in [-0.2, 0) is 0 Å². The highest BCUT2D eigenvalue weighted by atomic mass is 32.1. The van der Waals surface area contributed by atoms with E-state index in [1.54, 1.807) is 6.92 Å². The molecule has 1 atom stereocenters. The molecule has 0 aliphatic rings. The molecule has 0 saturated heterocycles. The average Bonchev–Trinajstić information content (AvgIpc) is 2.62. The largest absolute Gasteiger partial charge is 0.353 e. The second-order valence-electron chi connectivity index (χ2n) is 4.14. The molecule has 1 unspecified atom stereocenters. The van der Waals surface area contributed by atoms with Gasteiger partial charge in [0.25, 0.3) is 5.56 Å². The lowest BCUT2D eigenvalue weighted by atomic mass is 10.1. The zero-order valence-corrected chi connectivity index (χ0v) is 11.6. The Hall–Kier alpha value is -1.76. The van der Waals surface area contributed by atoms with Crippen LogP contribution in [0, 0.1) is 20.8 Å². The van der Waals surface area contributed by atoms with Crippen LogP contribution in [0.2, 0.25) is 0 Å². The molecule has 0 amide bonds. The summed E-state index contributed by atoms with van der Waals surface area (Å²) in [6.45, 7) is 7.40. The molecule has 18 heavy (non-hydrogen) atoms. The second-order valence-corrected chi connectivity index (χ2v) is 5.32. The summed E-state index contributed by atoms with van der Waals surface area (Å²) in [5.74, 6) is 0.625. The fourth-order valence-electron chi connectivity index (χ4n) is 1.86. The third-order valence-electron chi connectivity index (χ3n) is 2.56. The first kappa shape index (κ1) is 12.7. The Bertz CT molecular complexity index is 618. The van der Waals surface area contributed by atoms with Gasteiger partial charge in [0.2, 0.25) is 5.13 Å². The number of hydrogen-bond acceptors (Lipinski definition) is 6. The van der Waals surface area contributed by atoms with Gasteiger partial charge in [-0.15, -0.1) is 10.2 Å². The summed E-state index contributed by atoms with van der Waals surface area (Å²) in [5.41, 5.74) is 1.26. The lowest BCUT2D eigenvalue weighted by Crippen LogP contribution is -2.23. The smallest absolute Gasteiger partial charge is 0.256 e. The monoisotopic (exact) mass is 265 g/mol. The average molecular weight is 265 g/mol. The maximum Gasteiger partial charge on any atom is 0.256 e. The number of rotatable bonds is 3. The molecule has 2 aromatic rings. The van der Waals surface area contributed by atoms with E-state index in [1.165, 1.54) is 11.3 Å². The van der Waals surface area contributed by atoms with Crippen LogP contribution >= 0.6 is 11.3 Å². The first-order valence-corrected chi connectivity index (χ1v) is 6.43. The first-order valence-electron chi connectivity index (χ1n) is 5.61. The summed E-state index contributed by atoms with van der Waals surface area (Å²) in [7, 11) is 0. The van der Waals surface area contributed by atoms with Gasteiger partial charge in [-0.2, -0.15) is 0 Å². The Morgan fingerprint density at radius 1 is 1.28 bits per heavy atom. The minimum atomic E-state index is -0.158. The molecule has 0 fully saturated rings. The highest BCUT2D eigenvalue weighted by Gasteiger charge is 2.15. The normalized spacial score (nSPS) is 12.4. The van der Waals surface area contributed by atoms with E-state index >= 15 is 0 Å². The molecular formula is C11H15N5OS. The highest BCUT2D eigenvalue weighted by molar-refractivity contribution is 7.15. The molecule has 2 rings (SSSR count). The third-order valence-corrected chi connectivity index (χ3v) is 3.33. The molecule has 0 aliphatic heterocycles. The van der Waals surface area contributed by atoms with Gasteiger partial charge in [-0.3, -0.25) is 4.79 Å². The van der Waals surface area contributed by atoms with Crippen LogP contribution in [0.1, 0.15) is 35.1 Å². The predicted octanol–water partition coefficient (Wildman–Crippen LogP) is 1.72. The molecule has 0 spiro atoms. The Morgan fingerprint density at radius 3 is 2.56 bits per heavy atom. The van der Waals surface area contributed by atoms with Crippen LogP contribution in [0.5, 0.6) is 0 Å². The van der Waals surface area contributed by atoms with Gasteiger partial charge in [-0.25, -0.2) is 4.98 Å². The molecule has 96 valence electrons. The van der Waals surface area contributed by atoms with Gasteiger partial charge >= 0.3 is 0 Å². The van der Waals surface area contributed by atoms with Gasteiger partial charge in [-0.1, -0.05) is 11.3 Å². The maximum absolute atomic E-state index is 11.9. The number of aryl methyl sites for hydroxylation is 3. The Labute approximate surface area is 109 Å². The Balaban J connectivity index is 2.29. The van der Waals surface area contributed by atoms with Crippen molar-refractivity contribution in [1.82, 2.24) is 20.2 Å². The zero-order chi connectivity index (χ0) is 13.3. The molecule has 0 saturated carbocycles. The summed E-state index contributed by atoms with van der Waals surface area (Å²) in [5, 5.41) is 12.7. The number of nitrogens with zero attached hydrogens (tertiary/aromatic N) is 3. The summed E-state index contributed by atoms with van der Waals surface area (Å²) in [4.78, 5) is 18.9. The van der Waals surface area contributed by atoms with Crippen molar-refractivity contribution in [2.24, 2.45) is 0 Å². The van der Waals surface area contributed by atoms with Crippen LogP contribution < -0.4 is 10.9 Å².